The van der Waals surface area contributed by atoms with Crippen molar-refractivity contribution in [3.05, 3.63) is 75.5 Å². The van der Waals surface area contributed by atoms with Gasteiger partial charge in [-0.15, -0.1) is 0 Å². The monoisotopic (exact) mass is 527 g/mol. The summed E-state index contributed by atoms with van der Waals surface area (Å²) in [4.78, 5) is 30.9. The summed E-state index contributed by atoms with van der Waals surface area (Å²) in [5, 5.41) is 7.25. The van der Waals surface area contributed by atoms with E-state index in [-0.39, 0.29) is 11.5 Å². The predicted molar refractivity (Wildman–Crippen MR) is 160 cm³/mol. The molecule has 0 aliphatic carbocycles. The van der Waals surface area contributed by atoms with Crippen LogP contribution in [0.2, 0.25) is 0 Å². The quantitative estimate of drug-likeness (QED) is 0.394. The van der Waals surface area contributed by atoms with Gasteiger partial charge in [-0.2, -0.15) is 0 Å². The zero-order valence-corrected chi connectivity index (χ0v) is 23.9. The van der Waals surface area contributed by atoms with E-state index in [1.54, 1.807) is 4.57 Å². The third kappa shape index (κ3) is 5.59. The lowest BCUT2D eigenvalue weighted by Gasteiger charge is -2.32. The summed E-state index contributed by atoms with van der Waals surface area (Å²) in [6, 6.07) is 8.96. The number of hydrogen-bond donors (Lipinski definition) is 3. The van der Waals surface area contributed by atoms with Gasteiger partial charge in [0.05, 0.1) is 5.69 Å². The largest absolute Gasteiger partial charge is 0.367 e. The molecule has 2 aliphatic rings. The van der Waals surface area contributed by atoms with Crippen LogP contribution >= 0.6 is 0 Å². The average Bonchev–Trinajstić information content (AvgIpc) is 3.30. The van der Waals surface area contributed by atoms with Gasteiger partial charge in [0.2, 0.25) is 5.91 Å². The van der Waals surface area contributed by atoms with Crippen molar-refractivity contribution in [2.75, 3.05) is 26.2 Å². The number of dihydropyridines is 1. The number of amides is 1. The second-order valence-corrected chi connectivity index (χ2v) is 11.4. The highest BCUT2D eigenvalue weighted by Gasteiger charge is 2.23. The van der Waals surface area contributed by atoms with Gasteiger partial charge in [-0.3, -0.25) is 9.59 Å². The molecule has 3 aromatic rings. The van der Waals surface area contributed by atoms with E-state index in [9.17, 15) is 9.59 Å². The fourth-order valence-corrected chi connectivity index (χ4v) is 6.15. The molecular weight excluding hydrogens is 486 g/mol. The highest BCUT2D eigenvalue weighted by molar-refractivity contribution is 5.92. The number of aromatic nitrogens is 2. The number of allylic oxidation sites excluding steroid dienone is 2. The van der Waals surface area contributed by atoms with Gasteiger partial charge in [0.1, 0.15) is 5.82 Å². The van der Waals surface area contributed by atoms with Crippen LogP contribution in [0.1, 0.15) is 75.5 Å². The van der Waals surface area contributed by atoms with Crippen LogP contribution in [0, 0.1) is 0 Å². The fourth-order valence-electron chi connectivity index (χ4n) is 6.15. The fraction of sp³-hybridized carbons (Fsp3) is 0.438. The lowest BCUT2D eigenvalue weighted by Crippen LogP contribution is -2.33. The lowest BCUT2D eigenvalue weighted by molar-refractivity contribution is -0.118. The molecule has 0 saturated carbocycles. The van der Waals surface area contributed by atoms with Crippen molar-refractivity contribution in [1.29, 1.82) is 0 Å². The van der Waals surface area contributed by atoms with Gasteiger partial charge in [-0.1, -0.05) is 32.9 Å². The van der Waals surface area contributed by atoms with E-state index in [0.29, 0.717) is 29.8 Å². The Labute approximate surface area is 231 Å². The number of rotatable bonds is 7. The molecule has 0 radical (unpaired) electrons. The number of carbonyl (C=O) groups excluding carboxylic acids is 1. The zero-order chi connectivity index (χ0) is 27.7. The lowest BCUT2D eigenvalue weighted by atomic mass is 9.87. The van der Waals surface area contributed by atoms with E-state index in [0.717, 1.165) is 22.3 Å². The average molecular weight is 528 g/mol. The Morgan fingerprint density at radius 3 is 2.56 bits per heavy atom. The Balaban J connectivity index is 1.52. The summed E-state index contributed by atoms with van der Waals surface area (Å²) in [6.07, 6.45) is 9.30. The van der Waals surface area contributed by atoms with E-state index in [1.165, 1.54) is 62.3 Å². The Morgan fingerprint density at radius 1 is 1.15 bits per heavy atom. The zero-order valence-electron chi connectivity index (χ0n) is 23.9. The summed E-state index contributed by atoms with van der Waals surface area (Å²) in [7, 11) is 1.81. The smallest absolute Gasteiger partial charge is 0.257 e. The first kappa shape index (κ1) is 27.0. The van der Waals surface area contributed by atoms with E-state index in [1.807, 2.05) is 31.5 Å². The van der Waals surface area contributed by atoms with Crippen molar-refractivity contribution in [3.8, 4) is 11.3 Å². The number of nitrogens with zero attached hydrogens (tertiary/aromatic N) is 2. The molecule has 0 unspecified atom stereocenters. The first-order valence-electron chi connectivity index (χ1n) is 14.3. The Hall–Kier alpha value is -3.58. The van der Waals surface area contributed by atoms with Gasteiger partial charge < -0.3 is 25.1 Å². The molecule has 7 heteroatoms. The van der Waals surface area contributed by atoms with Gasteiger partial charge in [-0.05, 0) is 91.7 Å². The second-order valence-electron chi connectivity index (χ2n) is 11.4. The summed E-state index contributed by atoms with van der Waals surface area (Å²) >= 11 is 0. The minimum absolute atomic E-state index is 0.0397. The number of H-pyrrole nitrogens is 1. The molecule has 3 N–H and O–H groups in total. The van der Waals surface area contributed by atoms with Crippen molar-refractivity contribution in [2.24, 2.45) is 7.05 Å². The van der Waals surface area contributed by atoms with Crippen molar-refractivity contribution >= 4 is 22.4 Å². The molecule has 2 aliphatic heterocycles. The molecule has 5 rings (SSSR count). The standard InChI is InChI=1S/C32H41N5O2/c1-6-13-37-14-11-22(12-15-37)23-7-9-28-27(16-23)30(20(2)3)31(35-28)25-17-26(32(39)36(5)19-25)24-8-10-29(33-18-24)34-21(4)38/h7-10,16-17,19-20,22,33,35H,6,11-15,18H2,1-5H3,(H,34,38). The van der Waals surface area contributed by atoms with Crippen LogP contribution in [-0.4, -0.2) is 46.5 Å². The molecule has 1 fully saturated rings. The van der Waals surface area contributed by atoms with Gasteiger partial charge in [0, 0.05) is 48.7 Å². The minimum Gasteiger partial charge on any atom is -0.367 e. The van der Waals surface area contributed by atoms with E-state index >= 15 is 0 Å². The maximum Gasteiger partial charge on any atom is 0.257 e. The molecular formula is C32H41N5O2. The van der Waals surface area contributed by atoms with Gasteiger partial charge in [-0.25, -0.2) is 0 Å². The number of aromatic amines is 1. The molecule has 1 saturated heterocycles. The number of aryl methyl sites for hydroxylation is 1. The predicted octanol–water partition coefficient (Wildman–Crippen LogP) is 5.21. The van der Waals surface area contributed by atoms with E-state index in [2.05, 4.69) is 59.5 Å². The summed E-state index contributed by atoms with van der Waals surface area (Å²) in [5.74, 6) is 1.43. The third-order valence-electron chi connectivity index (χ3n) is 8.09. The van der Waals surface area contributed by atoms with Crippen LogP contribution in [0.25, 0.3) is 27.7 Å². The number of hydrogen-bond acceptors (Lipinski definition) is 4. The Bertz CT molecular complexity index is 1500. The number of piperidine rings is 1. The van der Waals surface area contributed by atoms with E-state index in [4.69, 9.17) is 0 Å². The highest BCUT2D eigenvalue weighted by Crippen LogP contribution is 2.38. The summed E-state index contributed by atoms with van der Waals surface area (Å²) < 4.78 is 1.67. The summed E-state index contributed by atoms with van der Waals surface area (Å²) in [5.41, 5.74) is 7.46. The SMILES string of the molecule is CCCN1CCC(c2ccc3[nH]c(-c4cc(C5=CC=C(NC(C)=O)NC5)c(=O)n(C)c4)c(C(C)C)c3c2)CC1. The molecule has 2 aromatic heterocycles. The van der Waals surface area contributed by atoms with Gasteiger partial charge in [0.25, 0.3) is 5.56 Å². The molecule has 1 aromatic carbocycles. The number of likely N-dealkylation sites (tertiary alicyclic amines) is 1. The Morgan fingerprint density at radius 2 is 1.92 bits per heavy atom. The molecule has 206 valence electrons. The highest BCUT2D eigenvalue weighted by atomic mass is 16.1. The minimum atomic E-state index is -0.131. The number of fused-ring (bicyclic) bond motifs is 1. The molecule has 39 heavy (non-hydrogen) atoms. The molecule has 7 nitrogen and oxygen atoms in total. The van der Waals surface area contributed by atoms with Gasteiger partial charge in [0.15, 0.2) is 0 Å². The first-order chi connectivity index (χ1) is 18.7. The van der Waals surface area contributed by atoms with Crippen LogP contribution in [0.4, 0.5) is 0 Å². The maximum absolute atomic E-state index is 13.2. The first-order valence-corrected chi connectivity index (χ1v) is 14.3. The van der Waals surface area contributed by atoms with Crippen molar-refractivity contribution in [3.63, 3.8) is 0 Å². The third-order valence-corrected chi connectivity index (χ3v) is 8.09. The van der Waals surface area contributed by atoms with Crippen LogP contribution in [0.5, 0.6) is 0 Å². The normalized spacial score (nSPS) is 16.8. The van der Waals surface area contributed by atoms with Crippen LogP contribution in [0.15, 0.2) is 53.2 Å². The number of pyridine rings is 1. The van der Waals surface area contributed by atoms with Crippen molar-refractivity contribution in [2.45, 2.75) is 58.8 Å². The summed E-state index contributed by atoms with van der Waals surface area (Å²) in [6.45, 7) is 12.2. The molecule has 1 amide bonds. The molecule has 0 spiro atoms. The van der Waals surface area contributed by atoms with Crippen molar-refractivity contribution < 1.29 is 4.79 Å². The van der Waals surface area contributed by atoms with Gasteiger partial charge >= 0.3 is 0 Å². The molecule has 0 atom stereocenters. The Kier molecular flexibility index (Phi) is 7.80. The second kappa shape index (κ2) is 11.3. The number of carbonyl (C=O) groups is 1. The maximum atomic E-state index is 13.2. The van der Waals surface area contributed by atoms with Crippen LogP contribution < -0.4 is 16.2 Å². The van der Waals surface area contributed by atoms with Crippen molar-refractivity contribution in [1.82, 2.24) is 25.1 Å². The topological polar surface area (TPSA) is 82.2 Å². The molecule has 4 heterocycles. The number of benzene rings is 1. The number of nitrogens with one attached hydrogen (secondary N) is 3. The molecule has 0 bridgehead atoms. The van der Waals surface area contributed by atoms with Crippen LogP contribution in [-0.2, 0) is 11.8 Å². The van der Waals surface area contributed by atoms with Crippen LogP contribution in [0.3, 0.4) is 0 Å². The van der Waals surface area contributed by atoms with E-state index < -0.39 is 0 Å².